The Bertz CT molecular complexity index is 534. The Morgan fingerprint density at radius 3 is 2.61 bits per heavy atom. The minimum atomic E-state index is -0.218. The Morgan fingerprint density at radius 1 is 1.17 bits per heavy atom. The number of hydrogen-bond donors (Lipinski definition) is 2. The average Bonchev–Trinajstić information content (AvgIpc) is 2.37. The van der Waals surface area contributed by atoms with E-state index >= 15 is 0 Å². The zero-order valence-corrected chi connectivity index (χ0v) is 13.1. The number of hydrogen-bond acceptors (Lipinski definition) is 2. The van der Waals surface area contributed by atoms with Crippen molar-refractivity contribution in [1.82, 2.24) is 5.43 Å². The second kappa shape index (κ2) is 6.49. The van der Waals surface area contributed by atoms with Crippen molar-refractivity contribution in [2.24, 2.45) is 0 Å². The summed E-state index contributed by atoms with van der Waals surface area (Å²) in [6.45, 7) is 0.421. The largest absolute Gasteiger partial charge is 0.321 e. The Morgan fingerprint density at radius 2 is 1.89 bits per heavy atom. The first-order valence-electron chi connectivity index (χ1n) is 5.34. The van der Waals surface area contributed by atoms with Crippen molar-refractivity contribution in [2.75, 3.05) is 5.43 Å². The van der Waals surface area contributed by atoms with Gasteiger partial charge in [-0.15, -0.1) is 0 Å². The summed E-state index contributed by atoms with van der Waals surface area (Å²) in [5.41, 5.74) is 7.60. The molecule has 2 aromatic rings. The number of anilines is 1. The molecule has 0 bridgehead atoms. The first kappa shape index (κ1) is 13.8. The standard InChI is InChI=1S/C13H11BrFIN2/c14-11-7-12(15)9(6-13(11)16)8-17-18-10-4-2-1-3-5-10/h1-7,17-18H,8H2. The van der Waals surface area contributed by atoms with Gasteiger partial charge in [-0.05, 0) is 62.8 Å². The monoisotopic (exact) mass is 420 g/mol. The van der Waals surface area contributed by atoms with Crippen molar-refractivity contribution < 1.29 is 4.39 Å². The summed E-state index contributed by atoms with van der Waals surface area (Å²) in [5, 5.41) is 0. The first-order valence-corrected chi connectivity index (χ1v) is 7.21. The van der Waals surface area contributed by atoms with Crippen LogP contribution in [0.5, 0.6) is 0 Å². The maximum absolute atomic E-state index is 13.7. The fraction of sp³-hybridized carbons (Fsp3) is 0.0769. The predicted octanol–water partition coefficient (Wildman–Crippen LogP) is 4.31. The maximum Gasteiger partial charge on any atom is 0.128 e. The smallest absolute Gasteiger partial charge is 0.128 e. The molecule has 0 amide bonds. The van der Waals surface area contributed by atoms with Gasteiger partial charge in [0.2, 0.25) is 0 Å². The molecule has 0 atom stereocenters. The summed E-state index contributed by atoms with van der Waals surface area (Å²) in [5.74, 6) is -0.218. The van der Waals surface area contributed by atoms with Gasteiger partial charge in [0.15, 0.2) is 0 Å². The number of hydrazine groups is 1. The van der Waals surface area contributed by atoms with Crippen LogP contribution in [0.4, 0.5) is 10.1 Å². The highest BCUT2D eigenvalue weighted by Crippen LogP contribution is 2.22. The number of para-hydroxylation sites is 1. The lowest BCUT2D eigenvalue weighted by atomic mass is 10.2. The topological polar surface area (TPSA) is 24.1 Å². The molecule has 0 heterocycles. The van der Waals surface area contributed by atoms with E-state index in [1.54, 1.807) is 0 Å². The van der Waals surface area contributed by atoms with Crippen LogP contribution in [0.1, 0.15) is 5.56 Å². The molecule has 2 rings (SSSR count). The fourth-order valence-electron chi connectivity index (χ4n) is 1.46. The summed E-state index contributed by atoms with van der Waals surface area (Å²) in [6.07, 6.45) is 0. The third-order valence-corrected chi connectivity index (χ3v) is 4.66. The Kier molecular flexibility index (Phi) is 4.96. The fourth-order valence-corrected chi connectivity index (χ4v) is 2.31. The quantitative estimate of drug-likeness (QED) is 0.437. The van der Waals surface area contributed by atoms with Crippen LogP contribution in [0.25, 0.3) is 0 Å². The molecule has 94 valence electrons. The van der Waals surface area contributed by atoms with E-state index in [2.05, 4.69) is 49.4 Å². The third kappa shape index (κ3) is 3.66. The van der Waals surface area contributed by atoms with Gasteiger partial charge in [0.25, 0.3) is 0 Å². The second-order valence-electron chi connectivity index (χ2n) is 3.70. The van der Waals surface area contributed by atoms with Crippen LogP contribution >= 0.6 is 38.5 Å². The SMILES string of the molecule is Fc1cc(Br)c(I)cc1CNNc1ccccc1. The van der Waals surface area contributed by atoms with E-state index in [0.717, 1.165) is 13.7 Å². The summed E-state index contributed by atoms with van der Waals surface area (Å²) >= 11 is 5.47. The van der Waals surface area contributed by atoms with Crippen molar-refractivity contribution >= 4 is 44.2 Å². The third-order valence-electron chi connectivity index (χ3n) is 2.37. The van der Waals surface area contributed by atoms with Gasteiger partial charge in [-0.25, -0.2) is 9.82 Å². The summed E-state index contributed by atoms with van der Waals surface area (Å²) < 4.78 is 15.4. The highest BCUT2D eigenvalue weighted by molar-refractivity contribution is 14.1. The Balaban J connectivity index is 1.97. The summed E-state index contributed by atoms with van der Waals surface area (Å²) in [6, 6.07) is 13.0. The number of rotatable bonds is 4. The molecule has 0 saturated carbocycles. The first-order chi connectivity index (χ1) is 8.66. The lowest BCUT2D eigenvalue weighted by Crippen LogP contribution is -2.21. The van der Waals surface area contributed by atoms with Gasteiger partial charge >= 0.3 is 0 Å². The van der Waals surface area contributed by atoms with E-state index in [9.17, 15) is 4.39 Å². The molecule has 2 nitrogen and oxygen atoms in total. The van der Waals surface area contributed by atoms with Crippen LogP contribution in [0.15, 0.2) is 46.9 Å². The molecule has 0 aromatic heterocycles. The van der Waals surface area contributed by atoms with Crippen molar-refractivity contribution in [3.8, 4) is 0 Å². The molecular formula is C13H11BrFIN2. The van der Waals surface area contributed by atoms with Crippen molar-refractivity contribution in [2.45, 2.75) is 6.54 Å². The lowest BCUT2D eigenvalue weighted by molar-refractivity contribution is 0.598. The van der Waals surface area contributed by atoms with Gasteiger partial charge in [-0.2, -0.15) is 0 Å². The minimum absolute atomic E-state index is 0.218. The van der Waals surface area contributed by atoms with Crippen molar-refractivity contribution in [3.05, 3.63) is 61.9 Å². The highest BCUT2D eigenvalue weighted by Gasteiger charge is 2.06. The molecule has 0 spiro atoms. The molecule has 18 heavy (non-hydrogen) atoms. The molecule has 0 radical (unpaired) electrons. The van der Waals surface area contributed by atoms with E-state index in [0.29, 0.717) is 12.1 Å². The molecule has 0 unspecified atom stereocenters. The second-order valence-corrected chi connectivity index (χ2v) is 5.72. The van der Waals surface area contributed by atoms with E-state index in [-0.39, 0.29) is 5.82 Å². The average molecular weight is 421 g/mol. The molecule has 0 fully saturated rings. The molecule has 0 saturated heterocycles. The zero-order valence-electron chi connectivity index (χ0n) is 9.38. The van der Waals surface area contributed by atoms with Gasteiger partial charge in [0.05, 0.1) is 0 Å². The van der Waals surface area contributed by atoms with Gasteiger partial charge in [0.1, 0.15) is 5.82 Å². The van der Waals surface area contributed by atoms with Gasteiger partial charge in [-0.1, -0.05) is 18.2 Å². The Labute approximate surface area is 127 Å². The predicted molar refractivity (Wildman–Crippen MR) is 83.7 cm³/mol. The van der Waals surface area contributed by atoms with E-state index in [4.69, 9.17) is 0 Å². The molecule has 2 aromatic carbocycles. The van der Waals surface area contributed by atoms with Crippen LogP contribution in [0, 0.1) is 9.39 Å². The molecule has 0 aliphatic rings. The molecule has 5 heteroatoms. The van der Waals surface area contributed by atoms with Crippen molar-refractivity contribution in [1.29, 1.82) is 0 Å². The van der Waals surface area contributed by atoms with Gasteiger partial charge < -0.3 is 5.43 Å². The lowest BCUT2D eigenvalue weighted by Gasteiger charge is -2.10. The van der Waals surface area contributed by atoms with Crippen LogP contribution in [0.3, 0.4) is 0 Å². The molecule has 2 N–H and O–H groups in total. The number of nitrogens with one attached hydrogen (secondary N) is 2. The van der Waals surface area contributed by atoms with Gasteiger partial charge in [-0.3, -0.25) is 0 Å². The molecule has 0 aliphatic heterocycles. The van der Waals surface area contributed by atoms with E-state index in [1.165, 1.54) is 6.07 Å². The van der Waals surface area contributed by atoms with E-state index < -0.39 is 0 Å². The van der Waals surface area contributed by atoms with E-state index in [1.807, 2.05) is 36.4 Å². The molecule has 0 aliphatic carbocycles. The van der Waals surface area contributed by atoms with Gasteiger partial charge in [0, 0.05) is 25.8 Å². The van der Waals surface area contributed by atoms with Crippen molar-refractivity contribution in [3.63, 3.8) is 0 Å². The molecular weight excluding hydrogens is 410 g/mol. The minimum Gasteiger partial charge on any atom is -0.321 e. The summed E-state index contributed by atoms with van der Waals surface area (Å²) in [4.78, 5) is 0. The zero-order chi connectivity index (χ0) is 13.0. The normalized spacial score (nSPS) is 10.4. The van der Waals surface area contributed by atoms with Crippen LogP contribution in [-0.4, -0.2) is 0 Å². The van der Waals surface area contributed by atoms with Crippen LogP contribution in [-0.2, 0) is 6.54 Å². The Hall–Kier alpha value is -0.660. The summed E-state index contributed by atoms with van der Waals surface area (Å²) in [7, 11) is 0. The number of benzene rings is 2. The van der Waals surface area contributed by atoms with Crippen LogP contribution in [0.2, 0.25) is 0 Å². The highest BCUT2D eigenvalue weighted by atomic mass is 127. The number of halogens is 3. The van der Waals surface area contributed by atoms with Crippen LogP contribution < -0.4 is 10.9 Å². The maximum atomic E-state index is 13.7.